The molecular formula is C20H24N4O5S2. The van der Waals surface area contributed by atoms with Crippen LogP contribution in [-0.4, -0.2) is 54.8 Å². The first kappa shape index (κ1) is 23.0. The fourth-order valence-electron chi connectivity index (χ4n) is 2.92. The molecule has 2 aromatic heterocycles. The Balaban J connectivity index is 1.89. The van der Waals surface area contributed by atoms with Crippen molar-refractivity contribution in [2.45, 2.75) is 30.3 Å². The number of nitrogens with zero attached hydrogens (tertiary/aromatic N) is 3. The Hall–Kier alpha value is -2.63. The number of sulfonamides is 1. The SMILES string of the molecule is CCOC(=O)CCNS(=O)(=O)c1ccc(-c2cc3nccn3c(SCC)n2)cc1OC. The normalized spacial score (nSPS) is 11.6. The first-order valence-corrected chi connectivity index (χ1v) is 12.2. The summed E-state index contributed by atoms with van der Waals surface area (Å²) >= 11 is 1.59. The van der Waals surface area contributed by atoms with Crippen LogP contribution in [-0.2, 0) is 19.6 Å². The molecule has 1 aromatic carbocycles. The Labute approximate surface area is 185 Å². The Bertz CT molecular complexity index is 1180. The number of hydrogen-bond acceptors (Lipinski definition) is 8. The highest BCUT2D eigenvalue weighted by atomic mass is 32.2. The number of benzene rings is 1. The van der Waals surface area contributed by atoms with Crippen molar-refractivity contribution in [3.8, 4) is 17.0 Å². The van der Waals surface area contributed by atoms with Crippen molar-refractivity contribution >= 4 is 33.4 Å². The van der Waals surface area contributed by atoms with Gasteiger partial charge in [-0.05, 0) is 24.8 Å². The molecule has 0 bridgehead atoms. The predicted octanol–water partition coefficient (Wildman–Crippen LogP) is 2.75. The Morgan fingerprint density at radius 2 is 2.06 bits per heavy atom. The second-order valence-corrected chi connectivity index (χ2v) is 9.30. The van der Waals surface area contributed by atoms with E-state index in [0.717, 1.165) is 16.6 Å². The van der Waals surface area contributed by atoms with Gasteiger partial charge in [0, 0.05) is 30.6 Å². The fourth-order valence-corrected chi connectivity index (χ4v) is 4.82. The number of carbonyl (C=O) groups excluding carboxylic acids is 1. The zero-order valence-electron chi connectivity index (χ0n) is 17.5. The minimum Gasteiger partial charge on any atom is -0.495 e. The van der Waals surface area contributed by atoms with Gasteiger partial charge in [-0.25, -0.2) is 23.1 Å². The Kier molecular flexibility index (Phi) is 7.52. The van der Waals surface area contributed by atoms with Gasteiger partial charge in [0.15, 0.2) is 5.16 Å². The van der Waals surface area contributed by atoms with E-state index in [-0.39, 0.29) is 30.2 Å². The lowest BCUT2D eigenvalue weighted by Gasteiger charge is -2.13. The summed E-state index contributed by atoms with van der Waals surface area (Å²) in [6, 6.07) is 6.60. The molecule has 31 heavy (non-hydrogen) atoms. The van der Waals surface area contributed by atoms with E-state index in [1.54, 1.807) is 37.0 Å². The summed E-state index contributed by atoms with van der Waals surface area (Å²) in [6.45, 7) is 3.91. The molecule has 0 saturated carbocycles. The molecule has 3 rings (SSSR count). The lowest BCUT2D eigenvalue weighted by Crippen LogP contribution is -2.27. The van der Waals surface area contributed by atoms with Gasteiger partial charge in [-0.2, -0.15) is 0 Å². The van der Waals surface area contributed by atoms with Gasteiger partial charge in [-0.15, -0.1) is 0 Å². The van der Waals surface area contributed by atoms with Gasteiger partial charge in [-0.3, -0.25) is 9.20 Å². The maximum absolute atomic E-state index is 12.7. The number of esters is 1. The molecule has 0 aliphatic carbocycles. The third-order valence-electron chi connectivity index (χ3n) is 4.31. The third-order valence-corrected chi connectivity index (χ3v) is 6.64. The van der Waals surface area contributed by atoms with Crippen LogP contribution in [0.2, 0.25) is 0 Å². The van der Waals surface area contributed by atoms with E-state index in [2.05, 4.69) is 9.71 Å². The molecule has 0 amide bonds. The van der Waals surface area contributed by atoms with Crippen LogP contribution in [0.1, 0.15) is 20.3 Å². The zero-order chi connectivity index (χ0) is 22.4. The lowest BCUT2D eigenvalue weighted by atomic mass is 10.1. The molecule has 3 aromatic rings. The molecule has 166 valence electrons. The van der Waals surface area contributed by atoms with E-state index in [0.29, 0.717) is 11.3 Å². The lowest BCUT2D eigenvalue weighted by molar-refractivity contribution is -0.142. The number of carbonyl (C=O) groups is 1. The summed E-state index contributed by atoms with van der Waals surface area (Å²) in [5.74, 6) is 0.561. The number of hydrogen-bond donors (Lipinski definition) is 1. The van der Waals surface area contributed by atoms with Gasteiger partial charge >= 0.3 is 5.97 Å². The maximum atomic E-state index is 12.7. The number of imidazole rings is 1. The van der Waals surface area contributed by atoms with Crippen LogP contribution in [0.5, 0.6) is 5.75 Å². The number of ether oxygens (including phenoxy) is 2. The fraction of sp³-hybridized carbons (Fsp3) is 0.350. The third kappa shape index (κ3) is 5.35. The molecule has 0 saturated heterocycles. The van der Waals surface area contributed by atoms with Gasteiger partial charge in [0.2, 0.25) is 10.0 Å². The highest BCUT2D eigenvalue weighted by Crippen LogP contribution is 2.31. The molecule has 2 heterocycles. The van der Waals surface area contributed by atoms with Crippen LogP contribution in [0.3, 0.4) is 0 Å². The van der Waals surface area contributed by atoms with Gasteiger partial charge < -0.3 is 9.47 Å². The monoisotopic (exact) mass is 464 g/mol. The van der Waals surface area contributed by atoms with Crippen LogP contribution in [0.4, 0.5) is 0 Å². The van der Waals surface area contributed by atoms with E-state index in [1.807, 2.05) is 23.6 Å². The van der Waals surface area contributed by atoms with E-state index >= 15 is 0 Å². The van der Waals surface area contributed by atoms with Crippen molar-refractivity contribution in [1.29, 1.82) is 0 Å². The highest BCUT2D eigenvalue weighted by molar-refractivity contribution is 7.99. The molecule has 0 spiro atoms. The molecular weight excluding hydrogens is 440 g/mol. The molecule has 1 N–H and O–H groups in total. The van der Waals surface area contributed by atoms with Crippen molar-refractivity contribution in [2.75, 3.05) is 26.0 Å². The Morgan fingerprint density at radius 3 is 2.77 bits per heavy atom. The second kappa shape index (κ2) is 10.1. The van der Waals surface area contributed by atoms with Crippen molar-refractivity contribution in [2.24, 2.45) is 0 Å². The number of nitrogens with one attached hydrogen (secondary N) is 1. The summed E-state index contributed by atoms with van der Waals surface area (Å²) in [4.78, 5) is 20.5. The summed E-state index contributed by atoms with van der Waals surface area (Å²) < 4.78 is 39.9. The van der Waals surface area contributed by atoms with Crippen molar-refractivity contribution in [1.82, 2.24) is 19.1 Å². The van der Waals surface area contributed by atoms with Crippen LogP contribution in [0.15, 0.2) is 46.7 Å². The molecule has 11 heteroatoms. The summed E-state index contributed by atoms with van der Waals surface area (Å²) in [7, 11) is -2.48. The van der Waals surface area contributed by atoms with Crippen molar-refractivity contribution < 1.29 is 22.7 Å². The minimum atomic E-state index is -3.88. The first-order valence-electron chi connectivity index (χ1n) is 9.70. The number of thioether (sulfide) groups is 1. The first-order chi connectivity index (χ1) is 14.9. The maximum Gasteiger partial charge on any atom is 0.307 e. The summed E-state index contributed by atoms with van der Waals surface area (Å²) in [5, 5.41) is 0.795. The molecule has 9 nitrogen and oxygen atoms in total. The van der Waals surface area contributed by atoms with E-state index in [9.17, 15) is 13.2 Å². The summed E-state index contributed by atoms with van der Waals surface area (Å²) in [6.07, 6.45) is 3.50. The van der Waals surface area contributed by atoms with Crippen molar-refractivity contribution in [3.63, 3.8) is 0 Å². The summed E-state index contributed by atoms with van der Waals surface area (Å²) in [5.41, 5.74) is 2.11. The van der Waals surface area contributed by atoms with E-state index in [4.69, 9.17) is 14.5 Å². The van der Waals surface area contributed by atoms with E-state index in [1.165, 1.54) is 13.2 Å². The smallest absolute Gasteiger partial charge is 0.307 e. The van der Waals surface area contributed by atoms with Crippen LogP contribution >= 0.6 is 11.8 Å². The zero-order valence-corrected chi connectivity index (χ0v) is 19.1. The quantitative estimate of drug-likeness (QED) is 0.277. The minimum absolute atomic E-state index is 0.0207. The van der Waals surface area contributed by atoms with Gasteiger partial charge in [0.25, 0.3) is 0 Å². The highest BCUT2D eigenvalue weighted by Gasteiger charge is 2.21. The molecule has 0 aliphatic heterocycles. The Morgan fingerprint density at radius 1 is 1.26 bits per heavy atom. The van der Waals surface area contributed by atoms with E-state index < -0.39 is 16.0 Å². The molecule has 0 radical (unpaired) electrons. The van der Waals surface area contributed by atoms with Crippen molar-refractivity contribution in [3.05, 3.63) is 36.7 Å². The number of fused-ring (bicyclic) bond motifs is 1. The largest absolute Gasteiger partial charge is 0.495 e. The van der Waals surface area contributed by atoms with Gasteiger partial charge in [-0.1, -0.05) is 24.8 Å². The second-order valence-electron chi connectivity index (χ2n) is 6.33. The molecule has 0 atom stereocenters. The van der Waals surface area contributed by atoms with Gasteiger partial charge in [0.1, 0.15) is 16.3 Å². The van der Waals surface area contributed by atoms with Crippen LogP contribution in [0.25, 0.3) is 16.9 Å². The number of methoxy groups -OCH3 is 1. The topological polar surface area (TPSA) is 112 Å². The molecule has 0 fully saturated rings. The molecule has 0 aliphatic rings. The van der Waals surface area contributed by atoms with Gasteiger partial charge in [0.05, 0.1) is 25.8 Å². The van der Waals surface area contributed by atoms with Crippen LogP contribution < -0.4 is 9.46 Å². The number of aromatic nitrogens is 3. The standard InChI is InChI=1S/C20H24N4O5S2/c1-4-29-19(25)8-9-22-31(26,27)17-7-6-14(12-16(17)28-3)15-13-18-21-10-11-24(18)20(23-15)30-5-2/h6-7,10-13,22H,4-5,8-9H2,1-3H3. The average Bonchev–Trinajstić information content (AvgIpc) is 3.22. The van der Waals surface area contributed by atoms with Crippen LogP contribution in [0, 0.1) is 0 Å². The average molecular weight is 465 g/mol. The predicted molar refractivity (Wildman–Crippen MR) is 118 cm³/mol. The number of rotatable bonds is 10. The molecule has 0 unspecified atom stereocenters.